The quantitative estimate of drug-likeness (QED) is 0.944. The molecule has 22 heavy (non-hydrogen) atoms. The van der Waals surface area contributed by atoms with Gasteiger partial charge in [-0.3, -0.25) is 9.59 Å². The average Bonchev–Trinajstić information content (AvgIpc) is 2.49. The van der Waals surface area contributed by atoms with E-state index in [9.17, 15) is 18.4 Å². The zero-order valence-electron chi connectivity index (χ0n) is 11.8. The summed E-state index contributed by atoms with van der Waals surface area (Å²) in [6, 6.07) is 11.8. The molecule has 0 aliphatic heterocycles. The largest absolute Gasteiger partial charge is 0.320 e. The number of amides is 2. The lowest BCUT2D eigenvalue weighted by molar-refractivity contribution is -0.120. The van der Waals surface area contributed by atoms with E-state index in [-0.39, 0.29) is 12.5 Å². The van der Waals surface area contributed by atoms with Crippen molar-refractivity contribution in [3.05, 3.63) is 60.2 Å². The second kappa shape index (κ2) is 6.80. The summed E-state index contributed by atoms with van der Waals surface area (Å²) in [4.78, 5) is 24.8. The molecule has 2 aromatic rings. The van der Waals surface area contributed by atoms with Crippen LogP contribution in [0.2, 0.25) is 0 Å². The van der Waals surface area contributed by atoms with Crippen LogP contribution in [-0.4, -0.2) is 18.4 Å². The Balaban J connectivity index is 2.14. The molecule has 0 saturated heterocycles. The van der Waals surface area contributed by atoms with Gasteiger partial charge in [-0.25, -0.2) is 8.78 Å². The van der Waals surface area contributed by atoms with Crippen molar-refractivity contribution in [1.82, 2.24) is 0 Å². The van der Waals surface area contributed by atoms with Crippen LogP contribution in [0.15, 0.2) is 48.5 Å². The lowest BCUT2D eigenvalue weighted by Crippen LogP contribution is -2.36. The number of nitrogens with one attached hydrogen (secondary N) is 1. The van der Waals surface area contributed by atoms with Gasteiger partial charge in [0.1, 0.15) is 23.9 Å². The molecule has 2 aromatic carbocycles. The third-order valence-electron chi connectivity index (χ3n) is 2.98. The molecular formula is C16H14F2N2O2. The Labute approximate surface area is 126 Å². The van der Waals surface area contributed by atoms with Crippen molar-refractivity contribution in [2.75, 3.05) is 16.8 Å². The van der Waals surface area contributed by atoms with Crippen LogP contribution in [-0.2, 0) is 9.59 Å². The summed E-state index contributed by atoms with van der Waals surface area (Å²) in [6.45, 7) is 0.969. The molecule has 0 heterocycles. The van der Waals surface area contributed by atoms with Crippen LogP contribution < -0.4 is 10.2 Å². The first-order valence-corrected chi connectivity index (χ1v) is 6.56. The van der Waals surface area contributed by atoms with Gasteiger partial charge in [0.15, 0.2) is 0 Å². The smallest absolute Gasteiger partial charge is 0.244 e. The Bertz CT molecular complexity index is 670. The van der Waals surface area contributed by atoms with Crippen LogP contribution in [0.1, 0.15) is 6.92 Å². The summed E-state index contributed by atoms with van der Waals surface area (Å²) in [6.07, 6.45) is 0. The minimum atomic E-state index is -0.873. The van der Waals surface area contributed by atoms with Crippen molar-refractivity contribution in [3.63, 3.8) is 0 Å². The summed E-state index contributed by atoms with van der Waals surface area (Å²) in [5.74, 6) is -2.79. The summed E-state index contributed by atoms with van der Waals surface area (Å²) in [7, 11) is 0. The molecule has 0 bridgehead atoms. The molecule has 0 spiro atoms. The Morgan fingerprint density at radius 1 is 1.00 bits per heavy atom. The Kier molecular flexibility index (Phi) is 4.83. The lowest BCUT2D eigenvalue weighted by atomic mass is 10.2. The topological polar surface area (TPSA) is 49.4 Å². The minimum absolute atomic E-state index is 0.340. The van der Waals surface area contributed by atoms with E-state index in [0.29, 0.717) is 5.69 Å². The van der Waals surface area contributed by atoms with Crippen molar-refractivity contribution < 1.29 is 18.4 Å². The molecule has 0 saturated carbocycles. The maximum absolute atomic E-state index is 13.5. The number of carbonyl (C=O) groups excluding carboxylic acids is 2. The molecule has 2 rings (SSSR count). The van der Waals surface area contributed by atoms with E-state index in [2.05, 4.69) is 5.32 Å². The van der Waals surface area contributed by atoms with Crippen LogP contribution in [0.5, 0.6) is 0 Å². The molecule has 2 amide bonds. The monoisotopic (exact) mass is 304 g/mol. The minimum Gasteiger partial charge on any atom is -0.320 e. The molecule has 1 N–H and O–H groups in total. The molecular weight excluding hydrogens is 290 g/mol. The van der Waals surface area contributed by atoms with E-state index >= 15 is 0 Å². The fraction of sp³-hybridized carbons (Fsp3) is 0.125. The highest BCUT2D eigenvalue weighted by atomic mass is 19.1. The van der Waals surface area contributed by atoms with Gasteiger partial charge in [0.05, 0.1) is 0 Å². The van der Waals surface area contributed by atoms with Gasteiger partial charge >= 0.3 is 0 Å². The van der Waals surface area contributed by atoms with Crippen molar-refractivity contribution in [2.24, 2.45) is 0 Å². The zero-order valence-corrected chi connectivity index (χ0v) is 11.8. The molecule has 0 unspecified atom stereocenters. The van der Waals surface area contributed by atoms with Crippen LogP contribution in [0.25, 0.3) is 0 Å². The molecule has 0 atom stereocenters. The van der Waals surface area contributed by atoms with Gasteiger partial charge in [-0.1, -0.05) is 24.3 Å². The van der Waals surface area contributed by atoms with Gasteiger partial charge in [-0.05, 0) is 24.3 Å². The fourth-order valence-corrected chi connectivity index (χ4v) is 1.93. The lowest BCUT2D eigenvalue weighted by Gasteiger charge is -2.20. The van der Waals surface area contributed by atoms with Crippen molar-refractivity contribution in [3.8, 4) is 0 Å². The van der Waals surface area contributed by atoms with Gasteiger partial charge in [0.2, 0.25) is 11.8 Å². The number of carbonyl (C=O) groups is 2. The number of anilines is 2. The molecule has 0 aliphatic rings. The molecule has 0 radical (unpaired) electrons. The Morgan fingerprint density at radius 2 is 1.59 bits per heavy atom. The van der Waals surface area contributed by atoms with Gasteiger partial charge in [0.25, 0.3) is 0 Å². The number of benzene rings is 2. The Morgan fingerprint density at radius 3 is 2.14 bits per heavy atom. The average molecular weight is 304 g/mol. The first kappa shape index (κ1) is 15.6. The highest BCUT2D eigenvalue weighted by molar-refractivity contribution is 6.01. The predicted octanol–water partition coefficient (Wildman–Crippen LogP) is 2.96. The summed E-state index contributed by atoms with van der Waals surface area (Å²) < 4.78 is 27.0. The normalized spacial score (nSPS) is 10.1. The van der Waals surface area contributed by atoms with E-state index in [1.165, 1.54) is 17.9 Å². The second-order valence-electron chi connectivity index (χ2n) is 4.59. The van der Waals surface area contributed by atoms with Gasteiger partial charge in [0, 0.05) is 12.6 Å². The first-order chi connectivity index (χ1) is 10.5. The highest BCUT2D eigenvalue weighted by Gasteiger charge is 2.18. The molecule has 0 fully saturated rings. The van der Waals surface area contributed by atoms with E-state index in [4.69, 9.17) is 0 Å². The first-order valence-electron chi connectivity index (χ1n) is 6.56. The fourth-order valence-electron chi connectivity index (χ4n) is 1.93. The number of hydrogen-bond donors (Lipinski definition) is 1. The molecule has 0 aliphatic carbocycles. The number of nitrogens with zero attached hydrogens (tertiary/aromatic N) is 1. The number of halogens is 2. The van der Waals surface area contributed by atoms with Crippen LogP contribution >= 0.6 is 0 Å². The predicted molar refractivity (Wildman–Crippen MR) is 79.5 cm³/mol. The SMILES string of the molecule is CC(=O)N(CC(=O)Nc1c(F)cccc1F)c1ccccc1. The number of hydrogen-bond acceptors (Lipinski definition) is 2. The number of rotatable bonds is 4. The van der Waals surface area contributed by atoms with Gasteiger partial charge in [-0.2, -0.15) is 0 Å². The van der Waals surface area contributed by atoms with E-state index in [1.807, 2.05) is 0 Å². The van der Waals surface area contributed by atoms with Crippen molar-refractivity contribution >= 4 is 23.2 Å². The molecule has 0 aromatic heterocycles. The van der Waals surface area contributed by atoms with E-state index in [0.717, 1.165) is 12.1 Å². The second-order valence-corrected chi connectivity index (χ2v) is 4.59. The van der Waals surface area contributed by atoms with Gasteiger partial charge < -0.3 is 10.2 Å². The van der Waals surface area contributed by atoms with Crippen LogP contribution in [0.4, 0.5) is 20.2 Å². The van der Waals surface area contributed by atoms with Crippen molar-refractivity contribution in [2.45, 2.75) is 6.92 Å². The molecule has 4 nitrogen and oxygen atoms in total. The summed E-state index contributed by atoms with van der Waals surface area (Å²) in [5.41, 5.74) is 0.00298. The standard InChI is InChI=1S/C16H14F2N2O2/c1-11(21)20(12-6-3-2-4-7-12)10-15(22)19-16-13(17)8-5-9-14(16)18/h2-9H,10H2,1H3,(H,19,22). The zero-order chi connectivity index (χ0) is 16.1. The molecule has 6 heteroatoms. The maximum Gasteiger partial charge on any atom is 0.244 e. The highest BCUT2D eigenvalue weighted by Crippen LogP contribution is 2.18. The van der Waals surface area contributed by atoms with Crippen molar-refractivity contribution in [1.29, 1.82) is 0 Å². The third-order valence-corrected chi connectivity index (χ3v) is 2.98. The third kappa shape index (κ3) is 3.66. The summed E-state index contributed by atoms with van der Waals surface area (Å²) >= 11 is 0. The number of para-hydroxylation sites is 2. The van der Waals surface area contributed by atoms with Crippen LogP contribution in [0, 0.1) is 11.6 Å². The van der Waals surface area contributed by atoms with Crippen LogP contribution in [0.3, 0.4) is 0 Å². The van der Waals surface area contributed by atoms with Gasteiger partial charge in [-0.15, -0.1) is 0 Å². The van der Waals surface area contributed by atoms with E-state index in [1.54, 1.807) is 30.3 Å². The molecule has 114 valence electrons. The van der Waals surface area contributed by atoms with E-state index < -0.39 is 23.2 Å². The maximum atomic E-state index is 13.5. The Hall–Kier alpha value is -2.76. The summed E-state index contributed by atoms with van der Waals surface area (Å²) in [5, 5.41) is 2.15.